The van der Waals surface area contributed by atoms with Crippen molar-refractivity contribution in [2.24, 2.45) is 0 Å². The standard InChI is InChI=1S/C12H15Cl/c1-4-10-5-6-12(13)11(8-10)7-9(2)3/h5-6,8H,2,4,7H2,1,3H3. The van der Waals surface area contributed by atoms with E-state index in [1.54, 1.807) is 0 Å². The highest BCUT2D eigenvalue weighted by Crippen LogP contribution is 2.20. The lowest BCUT2D eigenvalue weighted by Gasteiger charge is -2.05. The molecule has 0 saturated heterocycles. The highest BCUT2D eigenvalue weighted by Gasteiger charge is 2.01. The molecule has 0 aliphatic carbocycles. The van der Waals surface area contributed by atoms with Gasteiger partial charge in [-0.05, 0) is 37.0 Å². The van der Waals surface area contributed by atoms with Gasteiger partial charge in [-0.3, -0.25) is 0 Å². The van der Waals surface area contributed by atoms with E-state index in [0.717, 1.165) is 23.4 Å². The first-order chi connectivity index (χ1) is 6.13. The number of benzene rings is 1. The zero-order chi connectivity index (χ0) is 9.84. The average molecular weight is 195 g/mol. The smallest absolute Gasteiger partial charge is 0.0441 e. The first-order valence-electron chi connectivity index (χ1n) is 4.55. The van der Waals surface area contributed by atoms with Crippen LogP contribution in [0.25, 0.3) is 0 Å². The Morgan fingerprint density at radius 2 is 2.15 bits per heavy atom. The molecular weight excluding hydrogens is 180 g/mol. The van der Waals surface area contributed by atoms with E-state index in [2.05, 4.69) is 25.6 Å². The molecule has 0 atom stereocenters. The van der Waals surface area contributed by atoms with Gasteiger partial charge in [0.05, 0.1) is 0 Å². The summed E-state index contributed by atoms with van der Waals surface area (Å²) in [6.07, 6.45) is 1.94. The van der Waals surface area contributed by atoms with Crippen LogP contribution in [-0.2, 0) is 12.8 Å². The summed E-state index contributed by atoms with van der Waals surface area (Å²) in [5.41, 5.74) is 3.67. The van der Waals surface area contributed by atoms with E-state index >= 15 is 0 Å². The Morgan fingerprint density at radius 3 is 2.69 bits per heavy atom. The van der Waals surface area contributed by atoms with Crippen molar-refractivity contribution in [2.45, 2.75) is 26.7 Å². The molecule has 0 saturated carbocycles. The normalized spacial score (nSPS) is 10.1. The maximum Gasteiger partial charge on any atom is 0.0441 e. The third-order valence-electron chi connectivity index (χ3n) is 2.01. The van der Waals surface area contributed by atoms with Gasteiger partial charge in [0.25, 0.3) is 0 Å². The van der Waals surface area contributed by atoms with Crippen LogP contribution in [0.15, 0.2) is 30.4 Å². The lowest BCUT2D eigenvalue weighted by molar-refractivity contribution is 1.10. The Morgan fingerprint density at radius 1 is 1.46 bits per heavy atom. The molecule has 0 fully saturated rings. The lowest BCUT2D eigenvalue weighted by Crippen LogP contribution is -1.90. The molecule has 0 aliphatic heterocycles. The molecule has 0 nitrogen and oxygen atoms in total. The summed E-state index contributed by atoms with van der Waals surface area (Å²) < 4.78 is 0. The van der Waals surface area contributed by atoms with E-state index in [-0.39, 0.29) is 0 Å². The molecule has 70 valence electrons. The molecule has 0 aliphatic rings. The molecule has 1 rings (SSSR count). The summed E-state index contributed by atoms with van der Waals surface area (Å²) in [5, 5.41) is 0.847. The SMILES string of the molecule is C=C(C)Cc1cc(CC)ccc1Cl. The largest absolute Gasteiger partial charge is 0.0998 e. The van der Waals surface area contributed by atoms with Crippen LogP contribution in [0.5, 0.6) is 0 Å². The minimum atomic E-state index is 0.847. The summed E-state index contributed by atoms with van der Waals surface area (Å²) in [7, 11) is 0. The Labute approximate surface area is 85.2 Å². The van der Waals surface area contributed by atoms with Crippen molar-refractivity contribution in [1.29, 1.82) is 0 Å². The number of hydrogen-bond donors (Lipinski definition) is 0. The van der Waals surface area contributed by atoms with Gasteiger partial charge in [0, 0.05) is 5.02 Å². The van der Waals surface area contributed by atoms with Gasteiger partial charge in [-0.2, -0.15) is 0 Å². The molecule has 0 radical (unpaired) electrons. The Kier molecular flexibility index (Phi) is 3.56. The molecule has 1 heteroatoms. The van der Waals surface area contributed by atoms with Crippen molar-refractivity contribution in [3.05, 3.63) is 46.5 Å². The van der Waals surface area contributed by atoms with Gasteiger partial charge in [0.1, 0.15) is 0 Å². The van der Waals surface area contributed by atoms with Gasteiger partial charge in [-0.1, -0.05) is 42.8 Å². The molecule has 13 heavy (non-hydrogen) atoms. The van der Waals surface area contributed by atoms with Crippen LogP contribution in [0.4, 0.5) is 0 Å². The summed E-state index contributed by atoms with van der Waals surface area (Å²) in [5.74, 6) is 0. The zero-order valence-electron chi connectivity index (χ0n) is 8.23. The van der Waals surface area contributed by atoms with Crippen LogP contribution in [0.3, 0.4) is 0 Å². The number of halogens is 1. The van der Waals surface area contributed by atoms with Crippen LogP contribution in [0.1, 0.15) is 25.0 Å². The van der Waals surface area contributed by atoms with Crippen LogP contribution in [-0.4, -0.2) is 0 Å². The fraction of sp³-hybridized carbons (Fsp3) is 0.333. The number of rotatable bonds is 3. The fourth-order valence-electron chi connectivity index (χ4n) is 1.31. The van der Waals surface area contributed by atoms with Crippen molar-refractivity contribution in [2.75, 3.05) is 0 Å². The van der Waals surface area contributed by atoms with Crippen molar-refractivity contribution >= 4 is 11.6 Å². The predicted molar refractivity (Wildman–Crippen MR) is 59.3 cm³/mol. The Bertz CT molecular complexity index is 313. The third kappa shape index (κ3) is 2.89. The molecule has 1 aromatic rings. The van der Waals surface area contributed by atoms with E-state index in [9.17, 15) is 0 Å². The highest BCUT2D eigenvalue weighted by atomic mass is 35.5. The van der Waals surface area contributed by atoms with Gasteiger partial charge in [-0.25, -0.2) is 0 Å². The van der Waals surface area contributed by atoms with Gasteiger partial charge in [0.15, 0.2) is 0 Å². The van der Waals surface area contributed by atoms with E-state index in [1.165, 1.54) is 11.1 Å². The van der Waals surface area contributed by atoms with Gasteiger partial charge in [0.2, 0.25) is 0 Å². The summed E-state index contributed by atoms with van der Waals surface area (Å²) >= 11 is 6.06. The average Bonchev–Trinajstić information content (AvgIpc) is 2.08. The molecule has 0 unspecified atom stereocenters. The van der Waals surface area contributed by atoms with Crippen LogP contribution in [0, 0.1) is 0 Å². The first kappa shape index (κ1) is 10.3. The highest BCUT2D eigenvalue weighted by molar-refractivity contribution is 6.31. The van der Waals surface area contributed by atoms with Gasteiger partial charge in [-0.15, -0.1) is 0 Å². The van der Waals surface area contributed by atoms with Crippen molar-refractivity contribution in [3.63, 3.8) is 0 Å². The minimum absolute atomic E-state index is 0.847. The topological polar surface area (TPSA) is 0 Å². The zero-order valence-corrected chi connectivity index (χ0v) is 8.99. The van der Waals surface area contributed by atoms with Crippen molar-refractivity contribution in [3.8, 4) is 0 Å². The van der Waals surface area contributed by atoms with Crippen molar-refractivity contribution in [1.82, 2.24) is 0 Å². The molecule has 0 N–H and O–H groups in total. The molecular formula is C12H15Cl. The summed E-state index contributed by atoms with van der Waals surface area (Å²) in [6.45, 7) is 8.06. The van der Waals surface area contributed by atoms with E-state index in [0.29, 0.717) is 0 Å². The van der Waals surface area contributed by atoms with Crippen LogP contribution >= 0.6 is 11.6 Å². The molecule has 0 aromatic heterocycles. The van der Waals surface area contributed by atoms with Crippen LogP contribution in [0.2, 0.25) is 5.02 Å². The Balaban J connectivity index is 2.96. The Hall–Kier alpha value is -0.750. The summed E-state index contributed by atoms with van der Waals surface area (Å²) in [4.78, 5) is 0. The molecule has 0 bridgehead atoms. The number of hydrogen-bond acceptors (Lipinski definition) is 0. The first-order valence-corrected chi connectivity index (χ1v) is 4.93. The maximum absolute atomic E-state index is 6.06. The van der Waals surface area contributed by atoms with E-state index in [1.807, 2.05) is 13.0 Å². The third-order valence-corrected chi connectivity index (χ3v) is 2.38. The van der Waals surface area contributed by atoms with Gasteiger partial charge < -0.3 is 0 Å². The molecule has 0 heterocycles. The number of aryl methyl sites for hydroxylation is 1. The van der Waals surface area contributed by atoms with Gasteiger partial charge >= 0.3 is 0 Å². The quantitative estimate of drug-likeness (QED) is 0.638. The second-order valence-corrected chi connectivity index (χ2v) is 3.82. The second-order valence-electron chi connectivity index (χ2n) is 3.41. The molecule has 1 aromatic carbocycles. The summed E-state index contributed by atoms with van der Waals surface area (Å²) in [6, 6.07) is 6.21. The van der Waals surface area contributed by atoms with E-state index in [4.69, 9.17) is 11.6 Å². The van der Waals surface area contributed by atoms with Crippen molar-refractivity contribution < 1.29 is 0 Å². The maximum atomic E-state index is 6.06. The minimum Gasteiger partial charge on any atom is -0.0998 e. The van der Waals surface area contributed by atoms with E-state index < -0.39 is 0 Å². The molecule has 0 spiro atoms. The predicted octanol–water partition coefficient (Wildman–Crippen LogP) is 4.02. The lowest BCUT2D eigenvalue weighted by atomic mass is 10.0. The monoisotopic (exact) mass is 194 g/mol. The second kappa shape index (κ2) is 4.48. The number of allylic oxidation sites excluding steroid dienone is 1. The molecule has 0 amide bonds. The fourth-order valence-corrected chi connectivity index (χ4v) is 1.49. The van der Waals surface area contributed by atoms with Crippen LogP contribution < -0.4 is 0 Å².